The van der Waals surface area contributed by atoms with Crippen LogP contribution < -0.4 is 5.32 Å². The molecule has 0 saturated carbocycles. The van der Waals surface area contributed by atoms with Crippen LogP contribution >= 0.6 is 0 Å². The second-order valence-electron chi connectivity index (χ2n) is 7.04. The summed E-state index contributed by atoms with van der Waals surface area (Å²) in [4.78, 5) is 4.46. The summed E-state index contributed by atoms with van der Waals surface area (Å²) >= 11 is 0. The first-order valence-electron chi connectivity index (χ1n) is 10.1. The molecule has 2 aromatic rings. The van der Waals surface area contributed by atoms with Crippen LogP contribution in [0.2, 0.25) is 0 Å². The smallest absolute Gasteiger partial charge is 0.135 e. The molecule has 0 radical (unpaired) electrons. The molecule has 26 heavy (non-hydrogen) atoms. The van der Waals surface area contributed by atoms with Crippen molar-refractivity contribution in [1.82, 2.24) is 4.98 Å². The van der Waals surface area contributed by atoms with Gasteiger partial charge in [0.25, 0.3) is 0 Å². The molecule has 0 bridgehead atoms. The molecule has 0 unspecified atom stereocenters. The highest BCUT2D eigenvalue weighted by molar-refractivity contribution is 6.13. The average molecular weight is 352 g/mol. The minimum Gasteiger partial charge on any atom is -0.370 e. The first-order chi connectivity index (χ1) is 12.7. The van der Waals surface area contributed by atoms with Crippen molar-refractivity contribution in [2.75, 3.05) is 11.9 Å². The standard InChI is InChI=1S/C23H33N3/c1-3-4-5-6-7-8-9-10-17-25-23-21(12-11-18-26-23)22(24)20-15-13-19(2)14-16-20/h11-16,18,24H,3-10,17H2,1-2H3,(H,25,26). The minimum atomic E-state index is 0.525. The number of hydrogen-bond donors (Lipinski definition) is 2. The third-order valence-corrected chi connectivity index (χ3v) is 4.74. The third kappa shape index (κ3) is 6.62. The fourth-order valence-electron chi connectivity index (χ4n) is 3.09. The Hall–Kier alpha value is -2.16. The fraction of sp³-hybridized carbons (Fsp3) is 0.478. The van der Waals surface area contributed by atoms with E-state index in [1.54, 1.807) is 6.20 Å². The molecule has 0 amide bonds. The third-order valence-electron chi connectivity index (χ3n) is 4.74. The lowest BCUT2D eigenvalue weighted by molar-refractivity contribution is 0.581. The maximum absolute atomic E-state index is 8.53. The van der Waals surface area contributed by atoms with Gasteiger partial charge in [0.2, 0.25) is 0 Å². The van der Waals surface area contributed by atoms with Crippen LogP contribution in [0, 0.1) is 12.3 Å². The predicted octanol–water partition coefficient (Wildman–Crippen LogP) is 6.36. The van der Waals surface area contributed by atoms with Crippen molar-refractivity contribution in [3.63, 3.8) is 0 Å². The average Bonchev–Trinajstić information content (AvgIpc) is 2.67. The molecule has 1 aromatic heterocycles. The lowest BCUT2D eigenvalue weighted by Gasteiger charge is -2.12. The lowest BCUT2D eigenvalue weighted by Crippen LogP contribution is -2.10. The van der Waals surface area contributed by atoms with E-state index in [0.29, 0.717) is 5.71 Å². The quantitative estimate of drug-likeness (QED) is 0.345. The summed E-state index contributed by atoms with van der Waals surface area (Å²) < 4.78 is 0. The molecule has 140 valence electrons. The number of aromatic nitrogens is 1. The second-order valence-corrected chi connectivity index (χ2v) is 7.04. The molecule has 0 aliphatic heterocycles. The summed E-state index contributed by atoms with van der Waals surface area (Å²) in [7, 11) is 0. The molecule has 0 aliphatic carbocycles. The first-order valence-corrected chi connectivity index (χ1v) is 10.1. The molecule has 2 N–H and O–H groups in total. The van der Waals surface area contributed by atoms with Crippen molar-refractivity contribution in [3.05, 3.63) is 59.3 Å². The van der Waals surface area contributed by atoms with E-state index >= 15 is 0 Å². The van der Waals surface area contributed by atoms with E-state index in [1.807, 2.05) is 36.4 Å². The van der Waals surface area contributed by atoms with Crippen LogP contribution in [0.5, 0.6) is 0 Å². The van der Waals surface area contributed by atoms with Crippen molar-refractivity contribution in [1.29, 1.82) is 5.41 Å². The van der Waals surface area contributed by atoms with Gasteiger partial charge in [-0.05, 0) is 25.5 Å². The van der Waals surface area contributed by atoms with Crippen LogP contribution in [-0.2, 0) is 0 Å². The molecule has 0 spiro atoms. The fourth-order valence-corrected chi connectivity index (χ4v) is 3.09. The van der Waals surface area contributed by atoms with E-state index in [1.165, 1.54) is 50.5 Å². The summed E-state index contributed by atoms with van der Waals surface area (Å²) in [5, 5.41) is 12.0. The van der Waals surface area contributed by atoms with Gasteiger partial charge in [0.05, 0.1) is 5.71 Å². The Bertz CT molecular complexity index is 661. The van der Waals surface area contributed by atoms with Crippen molar-refractivity contribution in [3.8, 4) is 0 Å². The molecule has 3 heteroatoms. The molecular weight excluding hydrogens is 318 g/mol. The van der Waals surface area contributed by atoms with Gasteiger partial charge < -0.3 is 5.32 Å². The highest BCUT2D eigenvalue weighted by Gasteiger charge is 2.10. The van der Waals surface area contributed by atoms with Gasteiger partial charge in [0.1, 0.15) is 5.82 Å². The van der Waals surface area contributed by atoms with Gasteiger partial charge >= 0.3 is 0 Å². The molecule has 2 rings (SSSR count). The summed E-state index contributed by atoms with van der Waals surface area (Å²) in [5.41, 5.74) is 3.53. The Kier molecular flexibility index (Phi) is 8.88. The van der Waals surface area contributed by atoms with Crippen LogP contribution in [0.4, 0.5) is 5.82 Å². The molecule has 1 aromatic carbocycles. The molecule has 0 atom stereocenters. The highest BCUT2D eigenvalue weighted by atomic mass is 15.0. The minimum absolute atomic E-state index is 0.525. The largest absolute Gasteiger partial charge is 0.370 e. The van der Waals surface area contributed by atoms with E-state index < -0.39 is 0 Å². The van der Waals surface area contributed by atoms with Crippen molar-refractivity contribution < 1.29 is 0 Å². The Morgan fingerprint density at radius 3 is 2.27 bits per heavy atom. The maximum Gasteiger partial charge on any atom is 0.135 e. The predicted molar refractivity (Wildman–Crippen MR) is 112 cm³/mol. The maximum atomic E-state index is 8.53. The van der Waals surface area contributed by atoms with Gasteiger partial charge in [-0.15, -0.1) is 0 Å². The van der Waals surface area contributed by atoms with Crippen LogP contribution in [0.3, 0.4) is 0 Å². The number of benzene rings is 1. The topological polar surface area (TPSA) is 48.8 Å². The van der Waals surface area contributed by atoms with Crippen LogP contribution in [0.1, 0.15) is 75.0 Å². The van der Waals surface area contributed by atoms with E-state index in [0.717, 1.165) is 29.9 Å². The molecule has 3 nitrogen and oxygen atoms in total. The van der Waals surface area contributed by atoms with Crippen LogP contribution in [0.15, 0.2) is 42.6 Å². The summed E-state index contributed by atoms with van der Waals surface area (Å²) in [6.45, 7) is 5.24. The van der Waals surface area contributed by atoms with Crippen molar-refractivity contribution in [2.45, 2.75) is 65.2 Å². The number of aryl methyl sites for hydroxylation is 1. The Labute approximate surface area is 158 Å². The van der Waals surface area contributed by atoms with Gasteiger partial charge in [-0.1, -0.05) is 81.7 Å². The van der Waals surface area contributed by atoms with E-state index in [9.17, 15) is 0 Å². The van der Waals surface area contributed by atoms with E-state index in [-0.39, 0.29) is 0 Å². The normalized spacial score (nSPS) is 10.7. The van der Waals surface area contributed by atoms with Crippen LogP contribution in [-0.4, -0.2) is 17.2 Å². The molecule has 0 fully saturated rings. The Balaban J connectivity index is 1.80. The van der Waals surface area contributed by atoms with Gasteiger partial charge in [0, 0.05) is 23.9 Å². The summed E-state index contributed by atoms with van der Waals surface area (Å²) in [5.74, 6) is 0.820. The first kappa shape index (κ1) is 20.2. The number of pyridine rings is 1. The molecule has 0 aliphatic rings. The summed E-state index contributed by atoms with van der Waals surface area (Å²) in [6.07, 6.45) is 12.3. The summed E-state index contributed by atoms with van der Waals surface area (Å²) in [6, 6.07) is 12.0. The number of nitrogens with zero attached hydrogens (tertiary/aromatic N) is 1. The Morgan fingerprint density at radius 2 is 1.58 bits per heavy atom. The zero-order valence-corrected chi connectivity index (χ0v) is 16.4. The molecular formula is C23H33N3. The SMILES string of the molecule is CCCCCCCCCCNc1ncccc1C(=N)c1ccc(C)cc1. The number of unbranched alkanes of at least 4 members (excludes halogenated alkanes) is 7. The van der Waals surface area contributed by atoms with Gasteiger partial charge in [0.15, 0.2) is 0 Å². The van der Waals surface area contributed by atoms with E-state index in [4.69, 9.17) is 5.41 Å². The van der Waals surface area contributed by atoms with Gasteiger partial charge in [-0.25, -0.2) is 4.98 Å². The number of nitrogens with one attached hydrogen (secondary N) is 2. The molecule has 0 saturated heterocycles. The number of rotatable bonds is 12. The zero-order chi connectivity index (χ0) is 18.6. The van der Waals surface area contributed by atoms with E-state index in [2.05, 4.69) is 24.1 Å². The number of anilines is 1. The van der Waals surface area contributed by atoms with Crippen molar-refractivity contribution in [2.24, 2.45) is 0 Å². The molecule has 1 heterocycles. The number of hydrogen-bond acceptors (Lipinski definition) is 3. The van der Waals surface area contributed by atoms with Gasteiger partial charge in [-0.3, -0.25) is 5.41 Å². The second kappa shape index (κ2) is 11.5. The zero-order valence-electron chi connectivity index (χ0n) is 16.4. The highest BCUT2D eigenvalue weighted by Crippen LogP contribution is 2.17. The van der Waals surface area contributed by atoms with Crippen LogP contribution in [0.25, 0.3) is 0 Å². The van der Waals surface area contributed by atoms with Gasteiger partial charge in [-0.2, -0.15) is 0 Å². The Morgan fingerprint density at radius 1 is 0.923 bits per heavy atom. The lowest BCUT2D eigenvalue weighted by atomic mass is 10.0. The monoisotopic (exact) mass is 351 g/mol. The van der Waals surface area contributed by atoms with Crippen molar-refractivity contribution >= 4 is 11.5 Å².